The molecule has 1 N–H and O–H groups in total. The normalized spacial score (nSPS) is 14.4. The van der Waals surface area contributed by atoms with Gasteiger partial charge in [0.25, 0.3) is 5.56 Å². The number of nitrogens with zero attached hydrogens (tertiary/aromatic N) is 2. The summed E-state index contributed by atoms with van der Waals surface area (Å²) in [5, 5.41) is 0.546. The average Bonchev–Trinajstić information content (AvgIpc) is 3.22. The first-order valence-corrected chi connectivity index (χ1v) is 10.1. The monoisotopic (exact) mass is 393 g/mol. The SMILES string of the molecule is COc1ccc2c(=O)[nH]c(-c3cc(C)c(OCCN4CCCC4)c(C)c3)nc2c1. The maximum absolute atomic E-state index is 12.5. The predicted molar refractivity (Wildman–Crippen MR) is 115 cm³/mol. The van der Waals surface area contributed by atoms with E-state index in [9.17, 15) is 4.79 Å². The maximum Gasteiger partial charge on any atom is 0.259 e. The number of aromatic nitrogens is 2. The van der Waals surface area contributed by atoms with Crippen LogP contribution in [-0.2, 0) is 0 Å². The van der Waals surface area contributed by atoms with Gasteiger partial charge in [0.05, 0.1) is 18.0 Å². The van der Waals surface area contributed by atoms with Gasteiger partial charge in [-0.1, -0.05) is 0 Å². The number of H-pyrrole nitrogens is 1. The molecule has 6 nitrogen and oxygen atoms in total. The minimum absolute atomic E-state index is 0.158. The van der Waals surface area contributed by atoms with E-state index in [0.717, 1.165) is 29.0 Å². The second-order valence-corrected chi connectivity index (χ2v) is 7.63. The second-order valence-electron chi connectivity index (χ2n) is 7.63. The van der Waals surface area contributed by atoms with Crippen molar-refractivity contribution in [1.29, 1.82) is 0 Å². The van der Waals surface area contributed by atoms with Crippen molar-refractivity contribution in [2.24, 2.45) is 0 Å². The lowest BCUT2D eigenvalue weighted by Crippen LogP contribution is -2.25. The molecule has 1 saturated heterocycles. The van der Waals surface area contributed by atoms with Crippen molar-refractivity contribution in [3.63, 3.8) is 0 Å². The van der Waals surface area contributed by atoms with Crippen molar-refractivity contribution < 1.29 is 9.47 Å². The van der Waals surface area contributed by atoms with Gasteiger partial charge in [-0.15, -0.1) is 0 Å². The van der Waals surface area contributed by atoms with Gasteiger partial charge in [0.15, 0.2) is 0 Å². The molecule has 0 unspecified atom stereocenters. The van der Waals surface area contributed by atoms with Gasteiger partial charge in [0, 0.05) is 18.2 Å². The lowest BCUT2D eigenvalue weighted by molar-refractivity contribution is 0.236. The van der Waals surface area contributed by atoms with Crippen molar-refractivity contribution >= 4 is 10.9 Å². The first kappa shape index (κ1) is 19.5. The molecule has 29 heavy (non-hydrogen) atoms. The number of fused-ring (bicyclic) bond motifs is 1. The van der Waals surface area contributed by atoms with Crippen LogP contribution < -0.4 is 15.0 Å². The summed E-state index contributed by atoms with van der Waals surface area (Å²) in [5.41, 5.74) is 3.40. The first-order valence-electron chi connectivity index (χ1n) is 10.1. The molecule has 0 atom stereocenters. The Labute approximate surface area is 170 Å². The Balaban J connectivity index is 1.60. The van der Waals surface area contributed by atoms with Crippen molar-refractivity contribution in [2.75, 3.05) is 33.4 Å². The van der Waals surface area contributed by atoms with Gasteiger partial charge in [-0.25, -0.2) is 4.98 Å². The molecule has 1 aromatic heterocycles. The smallest absolute Gasteiger partial charge is 0.259 e. The Morgan fingerprint density at radius 1 is 1.10 bits per heavy atom. The van der Waals surface area contributed by atoms with E-state index < -0.39 is 0 Å². The van der Waals surface area contributed by atoms with E-state index in [-0.39, 0.29) is 5.56 Å². The molecule has 0 bridgehead atoms. The summed E-state index contributed by atoms with van der Waals surface area (Å²) in [6.45, 7) is 8.06. The number of benzene rings is 2. The van der Waals surface area contributed by atoms with Gasteiger partial charge < -0.3 is 14.5 Å². The quantitative estimate of drug-likeness (QED) is 0.692. The van der Waals surface area contributed by atoms with E-state index in [2.05, 4.69) is 14.9 Å². The third-order valence-electron chi connectivity index (χ3n) is 5.50. The Morgan fingerprint density at radius 2 is 1.83 bits per heavy atom. The molecule has 4 rings (SSSR count). The molecule has 1 aliphatic rings. The van der Waals surface area contributed by atoms with Crippen LogP contribution >= 0.6 is 0 Å². The first-order chi connectivity index (χ1) is 14.0. The molecule has 3 aromatic rings. The fourth-order valence-electron chi connectivity index (χ4n) is 3.98. The maximum atomic E-state index is 12.5. The molecule has 0 saturated carbocycles. The topological polar surface area (TPSA) is 67.5 Å². The molecule has 0 radical (unpaired) electrons. The molecule has 6 heteroatoms. The zero-order chi connectivity index (χ0) is 20.4. The van der Waals surface area contributed by atoms with Gasteiger partial charge in [0.2, 0.25) is 0 Å². The Morgan fingerprint density at radius 3 is 2.52 bits per heavy atom. The zero-order valence-corrected chi connectivity index (χ0v) is 17.2. The summed E-state index contributed by atoms with van der Waals surface area (Å²) in [4.78, 5) is 22.5. The summed E-state index contributed by atoms with van der Waals surface area (Å²) >= 11 is 0. The number of methoxy groups -OCH3 is 1. The number of hydrogen-bond acceptors (Lipinski definition) is 5. The lowest BCUT2D eigenvalue weighted by atomic mass is 10.0. The molecule has 2 aromatic carbocycles. The number of ether oxygens (including phenoxy) is 2. The number of rotatable bonds is 6. The third kappa shape index (κ3) is 4.12. The van der Waals surface area contributed by atoms with E-state index in [4.69, 9.17) is 9.47 Å². The fourth-order valence-corrected chi connectivity index (χ4v) is 3.98. The molecule has 0 spiro atoms. The highest BCUT2D eigenvalue weighted by Crippen LogP contribution is 2.29. The number of nitrogens with one attached hydrogen (secondary N) is 1. The summed E-state index contributed by atoms with van der Waals surface area (Å²) in [6.07, 6.45) is 2.57. The summed E-state index contributed by atoms with van der Waals surface area (Å²) in [7, 11) is 1.60. The fraction of sp³-hybridized carbons (Fsp3) is 0.391. The van der Waals surface area contributed by atoms with Crippen LogP contribution in [0.15, 0.2) is 35.1 Å². The average molecular weight is 393 g/mol. The van der Waals surface area contributed by atoms with Crippen LogP contribution in [-0.4, -0.2) is 48.2 Å². The Kier molecular flexibility index (Phi) is 5.53. The molecule has 0 amide bonds. The number of aromatic amines is 1. The van der Waals surface area contributed by atoms with E-state index in [1.54, 1.807) is 25.3 Å². The third-order valence-corrected chi connectivity index (χ3v) is 5.50. The number of aryl methyl sites for hydroxylation is 2. The zero-order valence-electron chi connectivity index (χ0n) is 17.2. The van der Waals surface area contributed by atoms with E-state index in [1.807, 2.05) is 26.0 Å². The number of likely N-dealkylation sites (tertiary alicyclic amines) is 1. The van der Waals surface area contributed by atoms with Crippen LogP contribution in [0.1, 0.15) is 24.0 Å². The number of hydrogen-bond donors (Lipinski definition) is 1. The van der Waals surface area contributed by atoms with Crippen molar-refractivity contribution in [3.8, 4) is 22.9 Å². The van der Waals surface area contributed by atoms with Crippen LogP contribution in [0.4, 0.5) is 0 Å². The highest BCUT2D eigenvalue weighted by atomic mass is 16.5. The van der Waals surface area contributed by atoms with E-state index in [0.29, 0.717) is 29.1 Å². The molecule has 0 aliphatic carbocycles. The Bertz CT molecular complexity index is 1060. The highest BCUT2D eigenvalue weighted by molar-refractivity contribution is 5.81. The van der Waals surface area contributed by atoms with Crippen molar-refractivity contribution in [3.05, 3.63) is 51.8 Å². The van der Waals surface area contributed by atoms with Crippen molar-refractivity contribution in [1.82, 2.24) is 14.9 Å². The van der Waals surface area contributed by atoms with Gasteiger partial charge in [-0.3, -0.25) is 9.69 Å². The van der Waals surface area contributed by atoms with Gasteiger partial charge in [0.1, 0.15) is 23.9 Å². The summed E-state index contributed by atoms with van der Waals surface area (Å²) in [6, 6.07) is 9.31. The lowest BCUT2D eigenvalue weighted by Gasteiger charge is -2.18. The van der Waals surface area contributed by atoms with Crippen LogP contribution in [0, 0.1) is 13.8 Å². The van der Waals surface area contributed by atoms with E-state index in [1.165, 1.54) is 25.9 Å². The molecule has 152 valence electrons. The van der Waals surface area contributed by atoms with Crippen LogP contribution in [0.3, 0.4) is 0 Å². The van der Waals surface area contributed by atoms with Crippen LogP contribution in [0.2, 0.25) is 0 Å². The summed E-state index contributed by atoms with van der Waals surface area (Å²) < 4.78 is 11.4. The largest absolute Gasteiger partial charge is 0.497 e. The molecular weight excluding hydrogens is 366 g/mol. The van der Waals surface area contributed by atoms with Crippen LogP contribution in [0.25, 0.3) is 22.3 Å². The summed E-state index contributed by atoms with van der Waals surface area (Å²) in [5.74, 6) is 2.14. The van der Waals surface area contributed by atoms with Gasteiger partial charge in [-0.2, -0.15) is 0 Å². The Hall–Kier alpha value is -2.86. The minimum atomic E-state index is -0.158. The van der Waals surface area contributed by atoms with E-state index >= 15 is 0 Å². The highest BCUT2D eigenvalue weighted by Gasteiger charge is 2.14. The molecular formula is C23H27N3O3. The minimum Gasteiger partial charge on any atom is -0.497 e. The van der Waals surface area contributed by atoms with Crippen LogP contribution in [0.5, 0.6) is 11.5 Å². The second kappa shape index (κ2) is 8.25. The van der Waals surface area contributed by atoms with Crippen molar-refractivity contribution in [2.45, 2.75) is 26.7 Å². The predicted octanol–water partition coefficient (Wildman–Crippen LogP) is 3.69. The molecule has 1 fully saturated rings. The molecule has 2 heterocycles. The van der Waals surface area contributed by atoms with Gasteiger partial charge in [-0.05, 0) is 75.2 Å². The van der Waals surface area contributed by atoms with Gasteiger partial charge >= 0.3 is 0 Å². The molecule has 1 aliphatic heterocycles. The standard InChI is InChI=1S/C23H27N3O3/c1-15-12-17(13-16(2)21(15)29-11-10-26-8-4-5-9-26)22-24-20-14-18(28-3)6-7-19(20)23(27)25-22/h6-7,12-14H,4-5,8-11H2,1-3H3,(H,24,25,27).